The smallest absolute Gasteiger partial charge is 0.329 e. The van der Waals surface area contributed by atoms with Gasteiger partial charge in [-0.2, -0.15) is 4.98 Å². The number of aryl methyl sites for hydroxylation is 1. The molecular formula is C20H24ClN5O4. The number of hydrogen-bond donors (Lipinski definition) is 2. The van der Waals surface area contributed by atoms with Gasteiger partial charge in [-0.15, -0.1) is 0 Å². The Hall–Kier alpha value is -2.78. The number of ether oxygens (including phenoxy) is 1. The van der Waals surface area contributed by atoms with Gasteiger partial charge in [0.05, 0.1) is 11.6 Å². The number of H-pyrrole nitrogens is 1. The molecular weight excluding hydrogens is 410 g/mol. The molecule has 30 heavy (non-hydrogen) atoms. The van der Waals surface area contributed by atoms with E-state index in [2.05, 4.69) is 14.9 Å². The molecule has 0 unspecified atom stereocenters. The first kappa shape index (κ1) is 20.5. The lowest BCUT2D eigenvalue weighted by atomic mass is 10.1. The molecule has 0 spiro atoms. The molecule has 0 amide bonds. The van der Waals surface area contributed by atoms with E-state index < -0.39 is 17.4 Å². The average molecular weight is 434 g/mol. The first-order valence-corrected chi connectivity index (χ1v) is 10.3. The fraction of sp³-hybridized carbons (Fsp3) is 0.450. The molecule has 4 rings (SSSR count). The van der Waals surface area contributed by atoms with Gasteiger partial charge >= 0.3 is 5.69 Å². The van der Waals surface area contributed by atoms with Crippen LogP contribution in [0.1, 0.15) is 19.3 Å². The van der Waals surface area contributed by atoms with E-state index in [-0.39, 0.29) is 18.7 Å². The van der Waals surface area contributed by atoms with Crippen molar-refractivity contribution in [3.8, 4) is 5.75 Å². The number of nitrogens with one attached hydrogen (secondary N) is 1. The lowest BCUT2D eigenvalue weighted by Crippen LogP contribution is -2.34. The van der Waals surface area contributed by atoms with Crippen molar-refractivity contribution in [3.05, 3.63) is 50.1 Å². The highest BCUT2D eigenvalue weighted by Crippen LogP contribution is 2.25. The van der Waals surface area contributed by atoms with Crippen LogP contribution >= 0.6 is 11.6 Å². The van der Waals surface area contributed by atoms with Crippen molar-refractivity contribution in [1.82, 2.24) is 19.1 Å². The number of para-hydroxylation sites is 1. The summed E-state index contributed by atoms with van der Waals surface area (Å²) in [5, 5.41) is 11.1. The summed E-state index contributed by atoms with van der Waals surface area (Å²) in [4.78, 5) is 33.6. The first-order chi connectivity index (χ1) is 14.5. The van der Waals surface area contributed by atoms with Gasteiger partial charge in [0.15, 0.2) is 11.2 Å². The molecule has 0 bridgehead atoms. The number of aromatic amines is 1. The molecule has 0 radical (unpaired) electrons. The molecule has 160 valence electrons. The van der Waals surface area contributed by atoms with Gasteiger partial charge in [-0.3, -0.25) is 14.3 Å². The van der Waals surface area contributed by atoms with E-state index >= 15 is 0 Å². The Labute approximate surface area is 177 Å². The maximum absolute atomic E-state index is 12.6. The van der Waals surface area contributed by atoms with Crippen molar-refractivity contribution < 1.29 is 9.84 Å². The fourth-order valence-electron chi connectivity index (χ4n) is 3.74. The summed E-state index contributed by atoms with van der Waals surface area (Å²) >= 11 is 6.10. The molecule has 3 heterocycles. The molecule has 9 nitrogen and oxygen atoms in total. The SMILES string of the molecule is Cn1c(=O)[nH]c(=O)c2c1nc(N1CCCCC1)n2C[C@@H](O)COc1ccccc1Cl. The Kier molecular flexibility index (Phi) is 5.83. The first-order valence-electron chi connectivity index (χ1n) is 9.95. The molecule has 2 N–H and O–H groups in total. The summed E-state index contributed by atoms with van der Waals surface area (Å²) in [5.74, 6) is 1.05. The number of fused-ring (bicyclic) bond motifs is 1. The standard InChI is InChI=1S/C20H24ClN5O4/c1-24-17-16(18(28)23-20(24)29)26(19(22-17)25-9-5-2-6-10-25)11-13(27)12-30-15-8-4-3-7-14(15)21/h3-4,7-8,13,27H,2,5-6,9-12H2,1H3,(H,23,28,29)/t13-/m1/s1. The second-order valence-corrected chi connectivity index (χ2v) is 7.86. The third-order valence-electron chi connectivity index (χ3n) is 5.29. The molecule has 0 aliphatic carbocycles. The summed E-state index contributed by atoms with van der Waals surface area (Å²) in [7, 11) is 1.56. The number of benzene rings is 1. The number of halogens is 1. The lowest BCUT2D eigenvalue weighted by molar-refractivity contribution is 0.0936. The normalized spacial score (nSPS) is 15.5. The van der Waals surface area contributed by atoms with E-state index in [1.54, 1.807) is 35.9 Å². The second kappa shape index (κ2) is 8.53. The van der Waals surface area contributed by atoms with E-state index in [0.717, 1.165) is 32.4 Å². The second-order valence-electron chi connectivity index (χ2n) is 7.46. The zero-order valence-corrected chi connectivity index (χ0v) is 17.4. The predicted octanol–water partition coefficient (Wildman–Crippen LogP) is 1.51. The highest BCUT2D eigenvalue weighted by Gasteiger charge is 2.24. The van der Waals surface area contributed by atoms with E-state index in [1.165, 1.54) is 4.57 Å². The number of aromatic nitrogens is 4. The predicted molar refractivity (Wildman–Crippen MR) is 115 cm³/mol. The number of anilines is 1. The van der Waals surface area contributed by atoms with Crippen LogP contribution in [0.2, 0.25) is 5.02 Å². The molecule has 1 atom stereocenters. The third kappa shape index (κ3) is 3.95. The maximum atomic E-state index is 12.6. The van der Waals surface area contributed by atoms with Crippen LogP contribution < -0.4 is 20.9 Å². The summed E-state index contributed by atoms with van der Waals surface area (Å²) in [5.41, 5.74) is -0.494. The molecule has 1 saturated heterocycles. The third-order valence-corrected chi connectivity index (χ3v) is 5.60. The summed E-state index contributed by atoms with van der Waals surface area (Å²) < 4.78 is 8.64. The van der Waals surface area contributed by atoms with E-state index in [0.29, 0.717) is 22.4 Å². The Morgan fingerprint density at radius 2 is 1.97 bits per heavy atom. The number of aliphatic hydroxyl groups excluding tert-OH is 1. The number of imidazole rings is 1. The lowest BCUT2D eigenvalue weighted by Gasteiger charge is -2.28. The molecule has 1 fully saturated rings. The minimum Gasteiger partial charge on any atom is -0.489 e. The van der Waals surface area contributed by atoms with Crippen molar-refractivity contribution in [3.63, 3.8) is 0 Å². The Morgan fingerprint density at radius 3 is 2.70 bits per heavy atom. The molecule has 1 aromatic carbocycles. The number of rotatable bonds is 6. The maximum Gasteiger partial charge on any atom is 0.329 e. The van der Waals surface area contributed by atoms with Crippen molar-refractivity contribution in [2.45, 2.75) is 31.9 Å². The van der Waals surface area contributed by atoms with Crippen molar-refractivity contribution >= 4 is 28.7 Å². The van der Waals surface area contributed by atoms with Gasteiger partial charge in [-0.1, -0.05) is 23.7 Å². The molecule has 1 aliphatic rings. The number of piperidine rings is 1. The van der Waals surface area contributed by atoms with Gasteiger partial charge in [0, 0.05) is 20.1 Å². The van der Waals surface area contributed by atoms with Crippen molar-refractivity contribution in [1.29, 1.82) is 0 Å². The quantitative estimate of drug-likeness (QED) is 0.610. The fourth-order valence-corrected chi connectivity index (χ4v) is 3.93. The highest BCUT2D eigenvalue weighted by atomic mass is 35.5. The topological polar surface area (TPSA) is 105 Å². The molecule has 2 aromatic heterocycles. The highest BCUT2D eigenvalue weighted by molar-refractivity contribution is 6.32. The van der Waals surface area contributed by atoms with Gasteiger partial charge in [-0.25, -0.2) is 4.79 Å². The Bertz CT molecular complexity index is 1160. The van der Waals surface area contributed by atoms with Gasteiger partial charge in [0.1, 0.15) is 18.5 Å². The van der Waals surface area contributed by atoms with Crippen molar-refractivity contribution in [2.75, 3.05) is 24.6 Å². The number of nitrogens with zero attached hydrogens (tertiary/aromatic N) is 4. The van der Waals surface area contributed by atoms with Crippen LogP contribution in [-0.2, 0) is 13.6 Å². The summed E-state index contributed by atoms with van der Waals surface area (Å²) in [6, 6.07) is 7.03. The van der Waals surface area contributed by atoms with Crippen molar-refractivity contribution in [2.24, 2.45) is 7.05 Å². The van der Waals surface area contributed by atoms with E-state index in [1.807, 2.05) is 0 Å². The minimum atomic E-state index is -0.918. The van der Waals surface area contributed by atoms with Crippen LogP contribution in [0.5, 0.6) is 5.75 Å². The monoisotopic (exact) mass is 433 g/mol. The van der Waals surface area contributed by atoms with Crippen LogP contribution in [0.4, 0.5) is 5.95 Å². The van der Waals surface area contributed by atoms with Crippen LogP contribution in [-0.4, -0.2) is 50.0 Å². The van der Waals surface area contributed by atoms with E-state index in [9.17, 15) is 14.7 Å². The van der Waals surface area contributed by atoms with Gasteiger partial charge < -0.3 is 19.3 Å². The van der Waals surface area contributed by atoms with Crippen LogP contribution in [0.15, 0.2) is 33.9 Å². The Balaban J connectivity index is 1.67. The zero-order chi connectivity index (χ0) is 21.3. The zero-order valence-electron chi connectivity index (χ0n) is 16.7. The molecule has 0 saturated carbocycles. The molecule has 1 aliphatic heterocycles. The minimum absolute atomic E-state index is 0.00743. The Morgan fingerprint density at radius 1 is 1.23 bits per heavy atom. The number of hydrogen-bond acceptors (Lipinski definition) is 6. The van der Waals surface area contributed by atoms with Gasteiger partial charge in [0.2, 0.25) is 5.95 Å². The van der Waals surface area contributed by atoms with Gasteiger partial charge in [0.25, 0.3) is 5.56 Å². The van der Waals surface area contributed by atoms with Crippen LogP contribution in [0.3, 0.4) is 0 Å². The number of aliphatic hydroxyl groups is 1. The van der Waals surface area contributed by atoms with Crippen LogP contribution in [0.25, 0.3) is 11.2 Å². The van der Waals surface area contributed by atoms with Crippen LogP contribution in [0, 0.1) is 0 Å². The largest absolute Gasteiger partial charge is 0.489 e. The summed E-state index contributed by atoms with van der Waals surface area (Å²) in [6.45, 7) is 1.70. The van der Waals surface area contributed by atoms with Gasteiger partial charge in [-0.05, 0) is 31.4 Å². The molecule has 3 aromatic rings. The summed E-state index contributed by atoms with van der Waals surface area (Å²) in [6.07, 6.45) is 2.27. The average Bonchev–Trinajstić information content (AvgIpc) is 3.12. The molecule has 10 heteroatoms. The van der Waals surface area contributed by atoms with E-state index in [4.69, 9.17) is 16.3 Å².